The molecule has 2 amide bonds. The molecule has 0 aromatic heterocycles. The van der Waals surface area contributed by atoms with Gasteiger partial charge in [0, 0.05) is 19.9 Å². The van der Waals surface area contributed by atoms with Gasteiger partial charge in [0.1, 0.15) is 11.9 Å². The minimum atomic E-state index is -0.918. The number of carbonyl (C=O) groups excluding carboxylic acids is 2. The van der Waals surface area contributed by atoms with Crippen LogP contribution in [0.3, 0.4) is 0 Å². The third-order valence-electron chi connectivity index (χ3n) is 6.08. The zero-order valence-corrected chi connectivity index (χ0v) is 23.1. The first-order valence-corrected chi connectivity index (χ1v) is 13.0. The molecule has 8 heteroatoms. The van der Waals surface area contributed by atoms with Gasteiger partial charge in [0.15, 0.2) is 0 Å². The average molecular weight is 621 g/mol. The lowest BCUT2D eigenvalue weighted by Gasteiger charge is -2.32. The third-order valence-corrected chi connectivity index (χ3v) is 6.75. The molecular formula is C30H28IN3O4. The van der Waals surface area contributed by atoms with Crippen LogP contribution in [0, 0.1) is 8.99 Å². The number of fused-ring (bicyclic) bond motifs is 1. The normalized spacial score (nSPS) is 12.3. The molecule has 4 aromatic rings. The van der Waals surface area contributed by atoms with Crippen molar-refractivity contribution in [2.24, 2.45) is 5.41 Å². The van der Waals surface area contributed by atoms with Gasteiger partial charge in [-0.05, 0) is 70.5 Å². The number of nitrogens with one attached hydrogen (secondary N) is 2. The zero-order valence-electron chi connectivity index (χ0n) is 20.9. The van der Waals surface area contributed by atoms with Crippen LogP contribution in [0.15, 0.2) is 97.1 Å². The number of ether oxygens (including phenoxy) is 1. The van der Waals surface area contributed by atoms with Crippen molar-refractivity contribution in [3.8, 4) is 5.75 Å². The summed E-state index contributed by atoms with van der Waals surface area (Å²) in [7, 11) is 0. The number of carbonyl (C=O) groups is 2. The van der Waals surface area contributed by atoms with Crippen molar-refractivity contribution in [1.29, 1.82) is 0 Å². The fourth-order valence-electron chi connectivity index (χ4n) is 4.10. The Morgan fingerprint density at radius 2 is 1.63 bits per heavy atom. The number of para-hydroxylation sites is 2. The Balaban J connectivity index is 1.60. The van der Waals surface area contributed by atoms with Crippen LogP contribution in [0.2, 0.25) is 0 Å². The Labute approximate surface area is 234 Å². The molecule has 0 aliphatic heterocycles. The van der Waals surface area contributed by atoms with E-state index in [1.54, 1.807) is 54.6 Å². The van der Waals surface area contributed by atoms with Crippen molar-refractivity contribution in [3.63, 3.8) is 0 Å². The van der Waals surface area contributed by atoms with Crippen molar-refractivity contribution in [2.75, 3.05) is 16.4 Å². The highest BCUT2D eigenvalue weighted by Crippen LogP contribution is 2.42. The second-order valence-electron chi connectivity index (χ2n) is 9.37. The summed E-state index contributed by atoms with van der Waals surface area (Å²) in [6.45, 7) is 3.64. The van der Waals surface area contributed by atoms with Crippen LogP contribution in [-0.4, -0.2) is 17.1 Å². The predicted octanol–water partition coefficient (Wildman–Crippen LogP) is 7.24. The molecule has 194 valence electrons. The van der Waals surface area contributed by atoms with Crippen LogP contribution >= 0.6 is 22.6 Å². The zero-order chi connectivity index (χ0) is 27.3. The molecule has 4 rings (SSSR count). The Morgan fingerprint density at radius 1 is 0.947 bits per heavy atom. The van der Waals surface area contributed by atoms with Gasteiger partial charge in [-0.15, -0.1) is 0 Å². The van der Waals surface area contributed by atoms with Gasteiger partial charge < -0.3 is 20.9 Å². The topological polar surface area (TPSA) is 114 Å². The van der Waals surface area contributed by atoms with Crippen molar-refractivity contribution in [2.45, 2.75) is 20.0 Å². The number of hydrogen-bond acceptors (Lipinski definition) is 5. The summed E-state index contributed by atoms with van der Waals surface area (Å²) < 4.78 is 6.80. The number of hydrogen-bond donors (Lipinski definition) is 4. The summed E-state index contributed by atoms with van der Waals surface area (Å²) >= 11 is 2.13. The maximum absolute atomic E-state index is 13.2. The number of rotatable bonds is 7. The van der Waals surface area contributed by atoms with Gasteiger partial charge >= 0.3 is 6.09 Å². The SMILES string of the molecule is CC(C)(/C=C/C(=O)Nc1ccccc1N)[C@H](OC(=O)Nc1cccc2ccccc12)c1cc(I)ccc1O. The van der Waals surface area contributed by atoms with Gasteiger partial charge in [-0.1, -0.05) is 68.5 Å². The molecule has 0 heterocycles. The van der Waals surface area contributed by atoms with E-state index in [9.17, 15) is 14.7 Å². The van der Waals surface area contributed by atoms with Crippen molar-refractivity contribution in [3.05, 3.63) is 106 Å². The van der Waals surface area contributed by atoms with Crippen LogP contribution in [0.4, 0.5) is 21.9 Å². The van der Waals surface area contributed by atoms with Gasteiger partial charge in [-0.2, -0.15) is 0 Å². The summed E-state index contributed by atoms with van der Waals surface area (Å²) in [6, 6.07) is 25.3. The fraction of sp³-hybridized carbons (Fsp3) is 0.133. The van der Waals surface area contributed by atoms with E-state index in [2.05, 4.69) is 33.2 Å². The number of nitrogens with two attached hydrogens (primary N) is 1. The molecule has 0 unspecified atom stereocenters. The number of halogens is 1. The second kappa shape index (κ2) is 11.6. The number of anilines is 3. The summed E-state index contributed by atoms with van der Waals surface area (Å²) in [5.74, 6) is -0.404. The van der Waals surface area contributed by atoms with E-state index in [1.165, 1.54) is 6.08 Å². The molecule has 38 heavy (non-hydrogen) atoms. The van der Waals surface area contributed by atoms with Crippen LogP contribution in [0.1, 0.15) is 25.5 Å². The first kappa shape index (κ1) is 27.0. The lowest BCUT2D eigenvalue weighted by Crippen LogP contribution is -2.28. The molecule has 7 nitrogen and oxygen atoms in total. The number of aromatic hydroxyl groups is 1. The number of nitrogen functional groups attached to an aromatic ring is 1. The molecule has 1 atom stereocenters. The number of phenolic OH excluding ortho intramolecular Hbond substituents is 1. The van der Waals surface area contributed by atoms with Gasteiger partial charge in [0.05, 0.1) is 17.1 Å². The van der Waals surface area contributed by atoms with E-state index >= 15 is 0 Å². The molecule has 0 aliphatic rings. The molecule has 0 saturated heterocycles. The van der Waals surface area contributed by atoms with Crippen LogP contribution in [0.5, 0.6) is 5.75 Å². The molecule has 0 aliphatic carbocycles. The summed E-state index contributed by atoms with van der Waals surface area (Å²) in [6.07, 6.45) is 1.41. The molecule has 4 aromatic carbocycles. The standard InChI is InChI=1S/C30H28IN3O4/c1-30(2,17-16-27(36)33-25-12-6-5-11-23(25)32)28(22-18-20(31)14-15-26(22)35)38-29(37)34-24-13-7-9-19-8-3-4-10-21(19)24/h3-18,28,35H,32H2,1-2H3,(H,33,36)(H,34,37)/b17-16+/t28-/m1/s1. The van der Waals surface area contributed by atoms with Crippen LogP contribution < -0.4 is 16.4 Å². The van der Waals surface area contributed by atoms with E-state index in [4.69, 9.17) is 10.5 Å². The number of benzene rings is 4. The summed E-state index contributed by atoms with van der Waals surface area (Å²) in [5, 5.41) is 18.1. The fourth-order valence-corrected chi connectivity index (χ4v) is 4.61. The summed E-state index contributed by atoms with van der Waals surface area (Å²) in [5.41, 5.74) is 7.01. The highest BCUT2D eigenvalue weighted by Gasteiger charge is 2.34. The van der Waals surface area contributed by atoms with E-state index in [-0.39, 0.29) is 11.7 Å². The van der Waals surface area contributed by atoms with Gasteiger partial charge in [-0.25, -0.2) is 4.79 Å². The third kappa shape index (κ3) is 6.44. The van der Waals surface area contributed by atoms with Gasteiger partial charge in [0.25, 0.3) is 0 Å². The van der Waals surface area contributed by atoms with Crippen molar-refractivity contribution in [1.82, 2.24) is 0 Å². The molecule has 0 radical (unpaired) electrons. The van der Waals surface area contributed by atoms with E-state index in [0.717, 1.165) is 14.3 Å². The Bertz CT molecular complexity index is 1510. The Hall–Kier alpha value is -4.05. The molecular weight excluding hydrogens is 593 g/mol. The highest BCUT2D eigenvalue weighted by molar-refractivity contribution is 14.1. The lowest BCUT2D eigenvalue weighted by atomic mass is 9.81. The molecule has 5 N–H and O–H groups in total. The number of amides is 2. The van der Waals surface area contributed by atoms with Gasteiger partial charge in [-0.3, -0.25) is 10.1 Å². The largest absolute Gasteiger partial charge is 0.508 e. The van der Waals surface area contributed by atoms with Crippen LogP contribution in [-0.2, 0) is 9.53 Å². The van der Waals surface area contributed by atoms with Crippen molar-refractivity contribution < 1.29 is 19.4 Å². The maximum Gasteiger partial charge on any atom is 0.412 e. The number of phenols is 1. The molecule has 0 fully saturated rings. The summed E-state index contributed by atoms with van der Waals surface area (Å²) in [4.78, 5) is 25.8. The quantitative estimate of drug-likeness (QED) is 0.0987. The van der Waals surface area contributed by atoms with Crippen LogP contribution in [0.25, 0.3) is 10.8 Å². The first-order chi connectivity index (χ1) is 18.1. The average Bonchev–Trinajstić information content (AvgIpc) is 2.89. The monoisotopic (exact) mass is 621 g/mol. The van der Waals surface area contributed by atoms with E-state index in [0.29, 0.717) is 22.6 Å². The highest BCUT2D eigenvalue weighted by atomic mass is 127. The molecule has 0 saturated carbocycles. The van der Waals surface area contributed by atoms with Gasteiger partial charge in [0.2, 0.25) is 5.91 Å². The minimum absolute atomic E-state index is 0.0173. The Kier molecular flexibility index (Phi) is 8.21. The molecule has 0 spiro atoms. The smallest absolute Gasteiger partial charge is 0.412 e. The minimum Gasteiger partial charge on any atom is -0.508 e. The second-order valence-corrected chi connectivity index (χ2v) is 10.6. The van der Waals surface area contributed by atoms with Crippen molar-refractivity contribution >= 4 is 62.4 Å². The first-order valence-electron chi connectivity index (χ1n) is 11.9. The maximum atomic E-state index is 13.2. The Morgan fingerprint density at radius 3 is 2.42 bits per heavy atom. The molecule has 0 bridgehead atoms. The predicted molar refractivity (Wildman–Crippen MR) is 160 cm³/mol. The lowest BCUT2D eigenvalue weighted by molar-refractivity contribution is -0.112. The van der Waals surface area contributed by atoms with E-state index in [1.807, 2.05) is 50.2 Å². The van der Waals surface area contributed by atoms with E-state index < -0.39 is 17.6 Å².